The van der Waals surface area contributed by atoms with Gasteiger partial charge in [0.05, 0.1) is 6.61 Å². The zero-order valence-electron chi connectivity index (χ0n) is 9.80. The maximum Gasteiger partial charge on any atom is 0.119 e. The average Bonchev–Trinajstić information content (AvgIpc) is 2.36. The van der Waals surface area contributed by atoms with E-state index < -0.39 is 6.10 Å². The van der Waals surface area contributed by atoms with E-state index in [1.54, 1.807) is 0 Å². The van der Waals surface area contributed by atoms with Crippen molar-refractivity contribution in [1.29, 1.82) is 0 Å². The lowest BCUT2D eigenvalue weighted by Crippen LogP contribution is -2.22. The highest BCUT2D eigenvalue weighted by Crippen LogP contribution is 2.30. The van der Waals surface area contributed by atoms with Crippen molar-refractivity contribution in [2.24, 2.45) is 5.73 Å². The third kappa shape index (κ3) is 2.97. The van der Waals surface area contributed by atoms with Gasteiger partial charge in [-0.05, 0) is 42.5 Å². The summed E-state index contributed by atoms with van der Waals surface area (Å²) in [7, 11) is 0. The number of benzene rings is 1. The van der Waals surface area contributed by atoms with Crippen molar-refractivity contribution in [3.63, 3.8) is 0 Å². The van der Waals surface area contributed by atoms with Gasteiger partial charge in [-0.2, -0.15) is 0 Å². The molecule has 4 nitrogen and oxygen atoms in total. The van der Waals surface area contributed by atoms with Gasteiger partial charge in [-0.3, -0.25) is 0 Å². The smallest absolute Gasteiger partial charge is 0.119 e. The molecule has 0 fully saturated rings. The Balaban J connectivity index is 2.07. The summed E-state index contributed by atoms with van der Waals surface area (Å²) in [6, 6.07) is 5.96. The number of aliphatic hydroxyl groups is 2. The van der Waals surface area contributed by atoms with Crippen molar-refractivity contribution < 1.29 is 14.9 Å². The summed E-state index contributed by atoms with van der Waals surface area (Å²) < 4.78 is 5.41. The summed E-state index contributed by atoms with van der Waals surface area (Å²) in [5, 5.41) is 17.9. The Labute approximate surface area is 101 Å². The van der Waals surface area contributed by atoms with E-state index in [-0.39, 0.29) is 19.3 Å². The lowest BCUT2D eigenvalue weighted by Gasteiger charge is -2.23. The van der Waals surface area contributed by atoms with Crippen LogP contribution in [0.3, 0.4) is 0 Å². The predicted molar refractivity (Wildman–Crippen MR) is 64.9 cm³/mol. The van der Waals surface area contributed by atoms with Gasteiger partial charge in [-0.25, -0.2) is 0 Å². The standard InChI is InChI=1S/C13H19NO3/c14-13-3-1-2-9-4-5-11(6-12(9)13)17-8-10(16)7-15/h4-6,10,13,15-16H,1-3,7-8,14H2. The summed E-state index contributed by atoms with van der Waals surface area (Å²) >= 11 is 0. The van der Waals surface area contributed by atoms with E-state index in [0.717, 1.165) is 24.8 Å². The molecule has 1 aliphatic carbocycles. The van der Waals surface area contributed by atoms with Crippen molar-refractivity contribution in [2.45, 2.75) is 31.4 Å². The molecule has 0 saturated heterocycles. The highest BCUT2D eigenvalue weighted by atomic mass is 16.5. The van der Waals surface area contributed by atoms with Gasteiger partial charge in [-0.15, -0.1) is 0 Å². The molecule has 4 heteroatoms. The molecule has 0 aromatic heterocycles. The SMILES string of the molecule is NC1CCCc2ccc(OCC(O)CO)cc21. The first-order valence-electron chi connectivity index (χ1n) is 6.01. The maximum atomic E-state index is 9.21. The zero-order chi connectivity index (χ0) is 12.3. The lowest BCUT2D eigenvalue weighted by molar-refractivity contribution is 0.0535. The minimum atomic E-state index is -0.834. The number of rotatable bonds is 4. The van der Waals surface area contributed by atoms with Crippen LogP contribution in [-0.2, 0) is 6.42 Å². The molecule has 1 aliphatic rings. The van der Waals surface area contributed by atoms with E-state index in [2.05, 4.69) is 0 Å². The summed E-state index contributed by atoms with van der Waals surface area (Å²) in [5.74, 6) is 0.702. The first-order chi connectivity index (χ1) is 8.20. The van der Waals surface area contributed by atoms with Gasteiger partial charge in [0.25, 0.3) is 0 Å². The monoisotopic (exact) mass is 237 g/mol. The van der Waals surface area contributed by atoms with Crippen LogP contribution in [0.2, 0.25) is 0 Å². The first-order valence-corrected chi connectivity index (χ1v) is 6.01. The second-order valence-electron chi connectivity index (χ2n) is 4.51. The van der Waals surface area contributed by atoms with Crippen LogP contribution in [0.1, 0.15) is 30.0 Å². The number of hydrogen-bond donors (Lipinski definition) is 3. The molecule has 0 aliphatic heterocycles. The molecule has 0 heterocycles. The molecule has 2 unspecified atom stereocenters. The van der Waals surface area contributed by atoms with Crippen LogP contribution in [-0.4, -0.2) is 29.5 Å². The summed E-state index contributed by atoms with van der Waals surface area (Å²) in [4.78, 5) is 0. The van der Waals surface area contributed by atoms with Gasteiger partial charge in [0.1, 0.15) is 18.5 Å². The van der Waals surface area contributed by atoms with E-state index in [0.29, 0.717) is 5.75 Å². The molecular weight excluding hydrogens is 218 g/mol. The van der Waals surface area contributed by atoms with Crippen molar-refractivity contribution in [2.75, 3.05) is 13.2 Å². The first kappa shape index (κ1) is 12.4. The number of ether oxygens (including phenoxy) is 1. The maximum absolute atomic E-state index is 9.21. The van der Waals surface area contributed by atoms with Crippen LogP contribution in [0.15, 0.2) is 18.2 Å². The Bertz CT molecular complexity index is 381. The Morgan fingerprint density at radius 1 is 1.47 bits per heavy atom. The van der Waals surface area contributed by atoms with E-state index in [9.17, 15) is 5.11 Å². The number of nitrogens with two attached hydrogens (primary N) is 1. The van der Waals surface area contributed by atoms with E-state index in [1.807, 2.05) is 18.2 Å². The summed E-state index contributed by atoms with van der Waals surface area (Å²) in [5.41, 5.74) is 8.49. The minimum Gasteiger partial charge on any atom is -0.491 e. The number of fused-ring (bicyclic) bond motifs is 1. The van der Waals surface area contributed by atoms with Gasteiger partial charge >= 0.3 is 0 Å². The number of hydrogen-bond acceptors (Lipinski definition) is 4. The van der Waals surface area contributed by atoms with Crippen molar-refractivity contribution in [1.82, 2.24) is 0 Å². The fourth-order valence-corrected chi connectivity index (χ4v) is 2.15. The van der Waals surface area contributed by atoms with Gasteiger partial charge in [0.2, 0.25) is 0 Å². The van der Waals surface area contributed by atoms with Crippen LogP contribution < -0.4 is 10.5 Å². The van der Waals surface area contributed by atoms with Crippen LogP contribution >= 0.6 is 0 Å². The van der Waals surface area contributed by atoms with Crippen LogP contribution in [0, 0.1) is 0 Å². The lowest BCUT2D eigenvalue weighted by atomic mass is 9.88. The molecule has 2 rings (SSSR count). The highest BCUT2D eigenvalue weighted by Gasteiger charge is 2.17. The van der Waals surface area contributed by atoms with E-state index in [1.165, 1.54) is 5.56 Å². The molecule has 0 amide bonds. The van der Waals surface area contributed by atoms with E-state index >= 15 is 0 Å². The van der Waals surface area contributed by atoms with Crippen molar-refractivity contribution >= 4 is 0 Å². The Morgan fingerprint density at radius 3 is 3.06 bits per heavy atom. The third-order valence-electron chi connectivity index (χ3n) is 3.13. The largest absolute Gasteiger partial charge is 0.491 e. The zero-order valence-corrected chi connectivity index (χ0v) is 9.80. The summed E-state index contributed by atoms with van der Waals surface area (Å²) in [6.45, 7) is -0.186. The Kier molecular flexibility index (Phi) is 3.99. The Morgan fingerprint density at radius 2 is 2.29 bits per heavy atom. The molecule has 4 N–H and O–H groups in total. The second kappa shape index (κ2) is 5.49. The molecule has 17 heavy (non-hydrogen) atoms. The molecule has 0 saturated carbocycles. The molecule has 0 spiro atoms. The van der Waals surface area contributed by atoms with Crippen molar-refractivity contribution in [3.8, 4) is 5.75 Å². The van der Waals surface area contributed by atoms with E-state index in [4.69, 9.17) is 15.6 Å². The fraction of sp³-hybridized carbons (Fsp3) is 0.538. The molecule has 1 aromatic carbocycles. The quantitative estimate of drug-likeness (QED) is 0.722. The number of aliphatic hydroxyl groups excluding tert-OH is 2. The van der Waals surface area contributed by atoms with Gasteiger partial charge in [0.15, 0.2) is 0 Å². The topological polar surface area (TPSA) is 75.7 Å². The number of aryl methyl sites for hydroxylation is 1. The van der Waals surface area contributed by atoms with Gasteiger partial charge in [0, 0.05) is 6.04 Å². The van der Waals surface area contributed by atoms with Gasteiger partial charge in [-0.1, -0.05) is 6.07 Å². The van der Waals surface area contributed by atoms with Crippen LogP contribution in [0.4, 0.5) is 0 Å². The highest BCUT2D eigenvalue weighted by molar-refractivity contribution is 5.39. The van der Waals surface area contributed by atoms with Crippen LogP contribution in [0.25, 0.3) is 0 Å². The normalized spacial score (nSPS) is 20.8. The average molecular weight is 237 g/mol. The molecule has 1 aromatic rings. The predicted octanol–water partition coefficient (Wildman–Crippen LogP) is 0.755. The molecule has 94 valence electrons. The van der Waals surface area contributed by atoms with Gasteiger partial charge < -0.3 is 20.7 Å². The fourth-order valence-electron chi connectivity index (χ4n) is 2.15. The third-order valence-corrected chi connectivity index (χ3v) is 3.13. The Hall–Kier alpha value is -1.10. The van der Waals surface area contributed by atoms with Crippen LogP contribution in [0.5, 0.6) is 5.75 Å². The molecule has 2 atom stereocenters. The molecule has 0 bridgehead atoms. The van der Waals surface area contributed by atoms with Crippen molar-refractivity contribution in [3.05, 3.63) is 29.3 Å². The molecular formula is C13H19NO3. The minimum absolute atomic E-state index is 0.0880. The molecule has 0 radical (unpaired) electrons. The summed E-state index contributed by atoms with van der Waals surface area (Å²) in [6.07, 6.45) is 2.38. The second-order valence-corrected chi connectivity index (χ2v) is 4.51.